The molecule has 2 N–H and O–H groups in total. The lowest BCUT2D eigenvalue weighted by Gasteiger charge is -2.17. The van der Waals surface area contributed by atoms with Crippen molar-refractivity contribution in [1.29, 1.82) is 0 Å². The molecule has 3 heterocycles. The van der Waals surface area contributed by atoms with Crippen LogP contribution in [0.2, 0.25) is 0 Å². The number of pyridine rings is 3. The second-order valence-electron chi connectivity index (χ2n) is 6.84. The van der Waals surface area contributed by atoms with Gasteiger partial charge in [-0.25, -0.2) is 4.98 Å². The lowest BCUT2D eigenvalue weighted by Crippen LogP contribution is -2.17. The molecule has 0 amide bonds. The number of aromatic nitrogens is 3. The molecule has 140 valence electrons. The van der Waals surface area contributed by atoms with Gasteiger partial charge in [0.1, 0.15) is 22.9 Å². The van der Waals surface area contributed by atoms with Gasteiger partial charge in [-0.1, -0.05) is 6.92 Å². The van der Waals surface area contributed by atoms with E-state index in [0.29, 0.717) is 17.3 Å². The Hall–Kier alpha value is -2.99. The summed E-state index contributed by atoms with van der Waals surface area (Å²) in [5.41, 5.74) is 2.25. The fraction of sp³-hybridized carbons (Fsp3) is 0.286. The first-order valence-corrected chi connectivity index (χ1v) is 8.91. The molecule has 0 aliphatic heterocycles. The molecule has 0 fully saturated rings. The summed E-state index contributed by atoms with van der Waals surface area (Å²) in [6, 6.07) is 11.1. The van der Waals surface area contributed by atoms with Gasteiger partial charge in [0.25, 0.3) is 0 Å². The Kier molecular flexibility index (Phi) is 5.37. The summed E-state index contributed by atoms with van der Waals surface area (Å²) in [4.78, 5) is 13.1. The van der Waals surface area contributed by atoms with Crippen LogP contribution >= 0.6 is 0 Å². The Balaban J connectivity index is 1.81. The van der Waals surface area contributed by atoms with Gasteiger partial charge in [0, 0.05) is 29.8 Å². The Bertz CT molecular complexity index is 935. The molecule has 0 spiro atoms. The van der Waals surface area contributed by atoms with E-state index in [-0.39, 0.29) is 0 Å². The van der Waals surface area contributed by atoms with E-state index in [4.69, 9.17) is 4.74 Å². The van der Waals surface area contributed by atoms with Gasteiger partial charge in [-0.2, -0.15) is 0 Å². The molecule has 27 heavy (non-hydrogen) atoms. The highest BCUT2D eigenvalue weighted by Gasteiger charge is 2.17. The van der Waals surface area contributed by atoms with Gasteiger partial charge in [0.15, 0.2) is 0 Å². The zero-order chi connectivity index (χ0) is 19.4. The fourth-order valence-corrected chi connectivity index (χ4v) is 2.60. The number of anilines is 2. The monoisotopic (exact) mass is 364 g/mol. The maximum Gasteiger partial charge on any atom is 0.148 e. The smallest absolute Gasteiger partial charge is 0.148 e. The predicted molar refractivity (Wildman–Crippen MR) is 105 cm³/mol. The minimum atomic E-state index is -1.01. The zero-order valence-corrected chi connectivity index (χ0v) is 16.0. The summed E-state index contributed by atoms with van der Waals surface area (Å²) in [5, 5.41) is 13.3. The number of nitrogens with one attached hydrogen (secondary N) is 1. The Labute approximate surface area is 159 Å². The summed E-state index contributed by atoms with van der Waals surface area (Å²) in [7, 11) is 0. The maximum atomic E-state index is 10.1. The number of ether oxygens (including phenoxy) is 1. The highest BCUT2D eigenvalue weighted by Crippen LogP contribution is 2.27. The van der Waals surface area contributed by atoms with E-state index in [1.54, 1.807) is 38.4 Å². The molecule has 0 aromatic carbocycles. The number of hydrogen-bond donors (Lipinski definition) is 2. The van der Waals surface area contributed by atoms with Crippen molar-refractivity contribution in [2.45, 2.75) is 39.7 Å². The molecule has 0 unspecified atom stereocenters. The third-order valence-corrected chi connectivity index (χ3v) is 4.02. The lowest BCUT2D eigenvalue weighted by atomic mass is 10.0. The van der Waals surface area contributed by atoms with Crippen LogP contribution in [0.1, 0.15) is 37.9 Å². The van der Waals surface area contributed by atoms with Crippen molar-refractivity contribution in [2.75, 3.05) is 5.32 Å². The van der Waals surface area contributed by atoms with Crippen LogP contribution in [0.3, 0.4) is 0 Å². The molecule has 0 saturated carbocycles. The first-order chi connectivity index (χ1) is 12.8. The SMILES string of the molecule is CCc1nc(C)ccc1Oc1ccnc(Nc2ccnc(C(C)(C)O)c2)c1. The maximum absolute atomic E-state index is 10.1. The van der Waals surface area contributed by atoms with E-state index < -0.39 is 5.60 Å². The van der Waals surface area contributed by atoms with Gasteiger partial charge in [-0.05, 0) is 57.5 Å². The van der Waals surface area contributed by atoms with Crippen molar-refractivity contribution in [3.8, 4) is 11.5 Å². The zero-order valence-electron chi connectivity index (χ0n) is 16.0. The molecule has 3 aromatic heterocycles. The van der Waals surface area contributed by atoms with E-state index in [2.05, 4.69) is 27.2 Å². The average molecular weight is 364 g/mol. The van der Waals surface area contributed by atoms with Crippen molar-refractivity contribution in [3.05, 3.63) is 65.9 Å². The normalized spacial score (nSPS) is 11.3. The summed E-state index contributed by atoms with van der Waals surface area (Å²) in [5.74, 6) is 2.05. The number of rotatable bonds is 6. The summed E-state index contributed by atoms with van der Waals surface area (Å²) in [6.45, 7) is 7.42. The van der Waals surface area contributed by atoms with E-state index >= 15 is 0 Å². The number of aryl methyl sites for hydroxylation is 2. The molecule has 0 saturated heterocycles. The third kappa shape index (κ3) is 4.80. The van der Waals surface area contributed by atoms with Crippen LogP contribution in [0.15, 0.2) is 48.8 Å². The molecule has 3 rings (SSSR count). The predicted octanol–water partition coefficient (Wildman–Crippen LogP) is 4.51. The van der Waals surface area contributed by atoms with Crippen LogP contribution in [-0.4, -0.2) is 20.1 Å². The molecule has 0 aliphatic carbocycles. The van der Waals surface area contributed by atoms with Crippen LogP contribution in [0.5, 0.6) is 11.5 Å². The molecule has 6 nitrogen and oxygen atoms in total. The number of nitrogens with zero attached hydrogens (tertiary/aromatic N) is 3. The fourth-order valence-electron chi connectivity index (χ4n) is 2.60. The first-order valence-electron chi connectivity index (χ1n) is 8.91. The van der Waals surface area contributed by atoms with Crippen molar-refractivity contribution >= 4 is 11.5 Å². The van der Waals surface area contributed by atoms with Crippen molar-refractivity contribution in [3.63, 3.8) is 0 Å². The largest absolute Gasteiger partial charge is 0.455 e. The van der Waals surface area contributed by atoms with Gasteiger partial charge < -0.3 is 15.2 Å². The topological polar surface area (TPSA) is 80.2 Å². The van der Waals surface area contributed by atoms with Crippen LogP contribution in [-0.2, 0) is 12.0 Å². The summed E-state index contributed by atoms with van der Waals surface area (Å²) in [6.07, 6.45) is 4.13. The van der Waals surface area contributed by atoms with Crippen molar-refractivity contribution in [1.82, 2.24) is 15.0 Å². The second-order valence-corrected chi connectivity index (χ2v) is 6.84. The molecule has 3 aromatic rings. The Morgan fingerprint density at radius 2 is 1.85 bits per heavy atom. The minimum Gasteiger partial charge on any atom is -0.455 e. The summed E-state index contributed by atoms with van der Waals surface area (Å²) < 4.78 is 6.02. The molecule has 0 atom stereocenters. The quantitative estimate of drug-likeness (QED) is 0.670. The molecule has 0 bridgehead atoms. The molecular formula is C21H24N4O2. The van der Waals surface area contributed by atoms with Crippen molar-refractivity contribution < 1.29 is 9.84 Å². The van der Waals surface area contributed by atoms with Crippen molar-refractivity contribution in [2.24, 2.45) is 0 Å². The summed E-state index contributed by atoms with van der Waals surface area (Å²) >= 11 is 0. The standard InChI is InChI=1S/C21H24N4O2/c1-5-17-18(7-6-14(2)24-17)27-16-9-11-23-20(13-16)25-15-8-10-22-19(12-15)21(3,4)26/h6-13,26H,5H2,1-4H3,(H,22,23,25). The third-order valence-electron chi connectivity index (χ3n) is 4.02. The average Bonchev–Trinajstić information content (AvgIpc) is 2.63. The van der Waals surface area contributed by atoms with Crippen LogP contribution in [0, 0.1) is 6.92 Å². The van der Waals surface area contributed by atoms with Gasteiger partial charge in [-0.3, -0.25) is 9.97 Å². The van der Waals surface area contributed by atoms with E-state index in [0.717, 1.165) is 29.2 Å². The van der Waals surface area contributed by atoms with E-state index in [1.165, 1.54) is 0 Å². The number of hydrogen-bond acceptors (Lipinski definition) is 6. The molecular weight excluding hydrogens is 340 g/mol. The van der Waals surface area contributed by atoms with Gasteiger partial charge >= 0.3 is 0 Å². The van der Waals surface area contributed by atoms with Crippen LogP contribution < -0.4 is 10.1 Å². The Morgan fingerprint density at radius 3 is 2.59 bits per heavy atom. The van der Waals surface area contributed by atoms with Gasteiger partial charge in [0.2, 0.25) is 0 Å². The lowest BCUT2D eigenvalue weighted by molar-refractivity contribution is 0.0739. The van der Waals surface area contributed by atoms with Gasteiger partial charge in [-0.15, -0.1) is 0 Å². The molecule has 0 radical (unpaired) electrons. The van der Waals surface area contributed by atoms with Gasteiger partial charge in [0.05, 0.1) is 11.4 Å². The minimum absolute atomic E-state index is 0.582. The number of aliphatic hydroxyl groups is 1. The highest BCUT2D eigenvalue weighted by molar-refractivity contribution is 5.57. The molecule has 0 aliphatic rings. The first kappa shape index (κ1) is 18.8. The van der Waals surface area contributed by atoms with E-state index in [9.17, 15) is 5.11 Å². The molecule has 6 heteroatoms. The van der Waals surface area contributed by atoms with E-state index in [1.807, 2.05) is 31.2 Å². The highest BCUT2D eigenvalue weighted by atomic mass is 16.5. The van der Waals surface area contributed by atoms with Crippen LogP contribution in [0.25, 0.3) is 0 Å². The van der Waals surface area contributed by atoms with Crippen LogP contribution in [0.4, 0.5) is 11.5 Å². The second kappa shape index (κ2) is 7.72. The Morgan fingerprint density at radius 1 is 1.07 bits per heavy atom.